The van der Waals surface area contributed by atoms with E-state index in [-0.39, 0.29) is 0 Å². The zero-order valence-electron chi connectivity index (χ0n) is 8.24. The Bertz CT molecular complexity index is 177. The minimum atomic E-state index is 0.322. The van der Waals surface area contributed by atoms with Gasteiger partial charge >= 0.3 is 0 Å². The van der Waals surface area contributed by atoms with Gasteiger partial charge in [0.15, 0.2) is 0 Å². The lowest BCUT2D eigenvalue weighted by molar-refractivity contribution is -0.0281. The van der Waals surface area contributed by atoms with Crippen LogP contribution in [-0.4, -0.2) is 24.3 Å². The lowest BCUT2D eigenvalue weighted by atomic mass is 9.96. The summed E-state index contributed by atoms with van der Waals surface area (Å²) < 4.78 is 5.81. The van der Waals surface area contributed by atoms with Crippen LogP contribution in [-0.2, 0) is 4.74 Å². The van der Waals surface area contributed by atoms with Crippen molar-refractivity contribution >= 4 is 0 Å². The van der Waals surface area contributed by atoms with E-state index in [2.05, 4.69) is 11.5 Å². The van der Waals surface area contributed by atoms with Gasteiger partial charge in [0.05, 0.1) is 0 Å². The maximum Gasteiger partial charge on any atom is 0.129 e. The Balaban J connectivity index is 2.09. The minimum absolute atomic E-state index is 0.322. The molecule has 2 heterocycles. The molecule has 0 aromatic heterocycles. The number of nitrogens with zero attached hydrogens (tertiary/aromatic N) is 1. The SMILES string of the molecule is C=CN1CC2CCCCC1OCC2. The average Bonchev–Trinajstić information content (AvgIpc) is 2.22. The summed E-state index contributed by atoms with van der Waals surface area (Å²) >= 11 is 0. The summed E-state index contributed by atoms with van der Waals surface area (Å²) in [5, 5.41) is 0. The van der Waals surface area contributed by atoms with Crippen LogP contribution in [0.5, 0.6) is 0 Å². The first-order valence-corrected chi connectivity index (χ1v) is 5.40. The van der Waals surface area contributed by atoms with Crippen molar-refractivity contribution < 1.29 is 4.74 Å². The number of ether oxygens (including phenoxy) is 1. The molecule has 0 radical (unpaired) electrons. The van der Waals surface area contributed by atoms with Gasteiger partial charge in [-0.05, 0) is 37.8 Å². The van der Waals surface area contributed by atoms with E-state index in [9.17, 15) is 0 Å². The third-order valence-electron chi connectivity index (χ3n) is 3.22. The van der Waals surface area contributed by atoms with Crippen LogP contribution in [0.2, 0.25) is 0 Å². The topological polar surface area (TPSA) is 12.5 Å². The summed E-state index contributed by atoms with van der Waals surface area (Å²) in [6.07, 6.45) is 8.76. The van der Waals surface area contributed by atoms with Crippen molar-refractivity contribution in [1.82, 2.24) is 4.90 Å². The third-order valence-corrected chi connectivity index (χ3v) is 3.22. The highest BCUT2D eigenvalue weighted by molar-refractivity contribution is 4.82. The van der Waals surface area contributed by atoms with E-state index in [4.69, 9.17) is 4.74 Å². The number of rotatable bonds is 1. The van der Waals surface area contributed by atoms with Gasteiger partial charge in [0.25, 0.3) is 0 Å². The van der Waals surface area contributed by atoms with Crippen molar-refractivity contribution in [2.75, 3.05) is 13.2 Å². The first kappa shape index (κ1) is 9.07. The number of hydrogen-bond donors (Lipinski definition) is 0. The first-order valence-electron chi connectivity index (χ1n) is 5.40. The quantitative estimate of drug-likeness (QED) is 0.615. The smallest absolute Gasteiger partial charge is 0.129 e. The Morgan fingerprint density at radius 2 is 2.08 bits per heavy atom. The van der Waals surface area contributed by atoms with E-state index < -0.39 is 0 Å². The predicted octanol–water partition coefficient (Wildman–Crippen LogP) is 2.37. The fourth-order valence-corrected chi connectivity index (χ4v) is 2.40. The van der Waals surface area contributed by atoms with Crippen LogP contribution in [0, 0.1) is 5.92 Å². The fraction of sp³-hybridized carbons (Fsp3) is 0.818. The maximum absolute atomic E-state index is 5.81. The van der Waals surface area contributed by atoms with Crippen molar-refractivity contribution in [2.24, 2.45) is 5.92 Å². The Hall–Kier alpha value is -0.500. The summed E-state index contributed by atoms with van der Waals surface area (Å²) in [6, 6.07) is 0. The largest absolute Gasteiger partial charge is 0.358 e. The summed E-state index contributed by atoms with van der Waals surface area (Å²) in [5.41, 5.74) is 0. The molecule has 0 N–H and O–H groups in total. The Morgan fingerprint density at radius 1 is 1.23 bits per heavy atom. The molecule has 2 heteroatoms. The van der Waals surface area contributed by atoms with Crippen LogP contribution in [0.15, 0.2) is 12.8 Å². The molecule has 2 fully saturated rings. The number of fused-ring (bicyclic) bond motifs is 3. The highest BCUT2D eigenvalue weighted by Gasteiger charge is 2.25. The molecule has 74 valence electrons. The van der Waals surface area contributed by atoms with E-state index in [1.807, 2.05) is 6.20 Å². The van der Waals surface area contributed by atoms with Crippen molar-refractivity contribution in [3.63, 3.8) is 0 Å². The van der Waals surface area contributed by atoms with Crippen molar-refractivity contribution in [1.29, 1.82) is 0 Å². The molecule has 2 nitrogen and oxygen atoms in total. The second kappa shape index (κ2) is 4.14. The van der Waals surface area contributed by atoms with Gasteiger partial charge in [0, 0.05) is 13.2 Å². The molecular weight excluding hydrogens is 162 g/mol. The van der Waals surface area contributed by atoms with Crippen molar-refractivity contribution in [2.45, 2.75) is 38.3 Å². The molecule has 0 aliphatic carbocycles. The molecule has 0 aromatic carbocycles. The van der Waals surface area contributed by atoms with E-state index in [1.54, 1.807) is 0 Å². The number of hydrogen-bond acceptors (Lipinski definition) is 2. The Morgan fingerprint density at radius 3 is 2.92 bits per heavy atom. The van der Waals surface area contributed by atoms with Gasteiger partial charge < -0.3 is 9.64 Å². The molecule has 2 atom stereocenters. The van der Waals surface area contributed by atoms with E-state index in [0.717, 1.165) is 19.1 Å². The first-order chi connectivity index (χ1) is 6.40. The Labute approximate surface area is 80.6 Å². The lowest BCUT2D eigenvalue weighted by Crippen LogP contribution is -2.34. The summed E-state index contributed by atoms with van der Waals surface area (Å²) in [5.74, 6) is 0.836. The third kappa shape index (κ3) is 2.05. The minimum Gasteiger partial charge on any atom is -0.358 e. The summed E-state index contributed by atoms with van der Waals surface area (Å²) in [4.78, 5) is 2.29. The molecule has 0 saturated carbocycles. The highest BCUT2D eigenvalue weighted by Crippen LogP contribution is 2.26. The van der Waals surface area contributed by atoms with E-state index >= 15 is 0 Å². The van der Waals surface area contributed by atoms with Crippen LogP contribution in [0.25, 0.3) is 0 Å². The molecule has 2 unspecified atom stereocenters. The van der Waals surface area contributed by atoms with Gasteiger partial charge in [-0.25, -0.2) is 0 Å². The molecular formula is C11H19NO. The molecule has 2 saturated heterocycles. The molecule has 2 aliphatic rings. The van der Waals surface area contributed by atoms with Gasteiger partial charge in [-0.1, -0.05) is 13.0 Å². The van der Waals surface area contributed by atoms with Crippen molar-refractivity contribution in [3.8, 4) is 0 Å². The zero-order chi connectivity index (χ0) is 9.10. The standard InChI is InChI=1S/C11H19NO/c1-2-12-9-10-5-3-4-6-11(12)13-8-7-10/h2,10-11H,1,3-9H2. The zero-order valence-corrected chi connectivity index (χ0v) is 8.24. The summed E-state index contributed by atoms with van der Waals surface area (Å²) in [7, 11) is 0. The van der Waals surface area contributed by atoms with Gasteiger partial charge in [-0.2, -0.15) is 0 Å². The molecule has 0 aromatic rings. The average molecular weight is 181 g/mol. The second-order valence-corrected chi connectivity index (χ2v) is 4.14. The van der Waals surface area contributed by atoms with Crippen LogP contribution in [0.1, 0.15) is 32.1 Å². The predicted molar refractivity (Wildman–Crippen MR) is 53.2 cm³/mol. The van der Waals surface area contributed by atoms with E-state index in [0.29, 0.717) is 6.23 Å². The van der Waals surface area contributed by atoms with Gasteiger partial charge in [0.1, 0.15) is 6.23 Å². The second-order valence-electron chi connectivity index (χ2n) is 4.14. The lowest BCUT2D eigenvalue weighted by Gasteiger charge is -2.31. The molecule has 2 bridgehead atoms. The molecule has 13 heavy (non-hydrogen) atoms. The highest BCUT2D eigenvalue weighted by atomic mass is 16.5. The van der Waals surface area contributed by atoms with Gasteiger partial charge in [-0.15, -0.1) is 0 Å². The molecule has 0 amide bonds. The monoisotopic (exact) mass is 181 g/mol. The van der Waals surface area contributed by atoms with Crippen LogP contribution < -0.4 is 0 Å². The van der Waals surface area contributed by atoms with Gasteiger partial charge in [0.2, 0.25) is 0 Å². The van der Waals surface area contributed by atoms with Crippen molar-refractivity contribution in [3.05, 3.63) is 12.8 Å². The molecule has 2 aliphatic heterocycles. The van der Waals surface area contributed by atoms with Gasteiger partial charge in [-0.3, -0.25) is 0 Å². The Kier molecular flexibility index (Phi) is 2.89. The molecule has 0 spiro atoms. The van der Waals surface area contributed by atoms with Crippen LogP contribution in [0.4, 0.5) is 0 Å². The summed E-state index contributed by atoms with van der Waals surface area (Å²) in [6.45, 7) is 5.97. The van der Waals surface area contributed by atoms with E-state index in [1.165, 1.54) is 32.1 Å². The maximum atomic E-state index is 5.81. The normalized spacial score (nSPS) is 34.9. The van der Waals surface area contributed by atoms with Crippen LogP contribution in [0.3, 0.4) is 0 Å². The fourth-order valence-electron chi connectivity index (χ4n) is 2.40. The van der Waals surface area contributed by atoms with Crippen LogP contribution >= 0.6 is 0 Å². The molecule has 2 rings (SSSR count).